The van der Waals surface area contributed by atoms with Crippen LogP contribution in [0.15, 0.2) is 6.07 Å². The van der Waals surface area contributed by atoms with Crippen LogP contribution in [0.25, 0.3) is 0 Å². The second kappa shape index (κ2) is 5.63. The van der Waals surface area contributed by atoms with Crippen LogP contribution >= 0.6 is 0 Å². The zero-order valence-corrected chi connectivity index (χ0v) is 12.2. The van der Waals surface area contributed by atoms with E-state index in [4.69, 9.17) is 0 Å². The molecule has 4 nitrogen and oxygen atoms in total. The molecule has 1 atom stereocenters. The maximum atomic E-state index is 4.46. The molecule has 1 aliphatic heterocycles. The molecule has 1 N–H and O–H groups in total. The Hall–Kier alpha value is -0.870. The van der Waals surface area contributed by atoms with Crippen LogP contribution in [0.1, 0.15) is 43.5 Å². The average Bonchev–Trinajstić information content (AvgIpc) is 3.15. The fourth-order valence-corrected chi connectivity index (χ4v) is 3.11. The van der Waals surface area contributed by atoms with Gasteiger partial charge in [-0.25, -0.2) is 0 Å². The summed E-state index contributed by atoms with van der Waals surface area (Å²) >= 11 is 0. The van der Waals surface area contributed by atoms with Gasteiger partial charge in [0.25, 0.3) is 0 Å². The third-order valence-corrected chi connectivity index (χ3v) is 4.43. The Morgan fingerprint density at radius 3 is 2.84 bits per heavy atom. The van der Waals surface area contributed by atoms with Crippen molar-refractivity contribution in [1.82, 2.24) is 20.0 Å². The number of hydrogen-bond acceptors (Lipinski definition) is 3. The first-order valence-electron chi connectivity index (χ1n) is 7.69. The molecule has 1 aliphatic carbocycles. The van der Waals surface area contributed by atoms with Gasteiger partial charge in [0, 0.05) is 32.2 Å². The van der Waals surface area contributed by atoms with Gasteiger partial charge >= 0.3 is 0 Å². The number of likely N-dealkylation sites (tertiary alicyclic amines) is 1. The number of piperidine rings is 1. The normalized spacial score (nSPS) is 24.8. The predicted molar refractivity (Wildman–Crippen MR) is 77.0 cm³/mol. The number of aromatic nitrogens is 2. The SMILES string of the molecule is Cc1cc(CN2CCCCC2CNC2CC2)n(C)n1. The lowest BCUT2D eigenvalue weighted by molar-refractivity contribution is 0.134. The molecule has 1 unspecified atom stereocenters. The lowest BCUT2D eigenvalue weighted by Gasteiger charge is -2.35. The van der Waals surface area contributed by atoms with Crippen LogP contribution in [0.2, 0.25) is 0 Å². The molecule has 1 aromatic heterocycles. The Morgan fingerprint density at radius 1 is 1.32 bits per heavy atom. The maximum Gasteiger partial charge on any atom is 0.0597 e. The molecular weight excluding hydrogens is 236 g/mol. The van der Waals surface area contributed by atoms with E-state index >= 15 is 0 Å². The number of nitrogens with one attached hydrogen (secondary N) is 1. The quantitative estimate of drug-likeness (QED) is 0.879. The molecule has 1 saturated heterocycles. The number of aryl methyl sites for hydroxylation is 2. The highest BCUT2D eigenvalue weighted by Gasteiger charge is 2.26. The van der Waals surface area contributed by atoms with E-state index in [-0.39, 0.29) is 0 Å². The summed E-state index contributed by atoms with van der Waals surface area (Å²) < 4.78 is 2.04. The minimum Gasteiger partial charge on any atom is -0.312 e. The van der Waals surface area contributed by atoms with Crippen LogP contribution in [-0.2, 0) is 13.6 Å². The van der Waals surface area contributed by atoms with E-state index in [2.05, 4.69) is 35.4 Å². The summed E-state index contributed by atoms with van der Waals surface area (Å²) in [4.78, 5) is 2.65. The number of hydrogen-bond donors (Lipinski definition) is 1. The third kappa shape index (κ3) is 3.37. The molecule has 0 amide bonds. The van der Waals surface area contributed by atoms with Crippen molar-refractivity contribution in [1.29, 1.82) is 0 Å². The largest absolute Gasteiger partial charge is 0.312 e. The third-order valence-electron chi connectivity index (χ3n) is 4.43. The van der Waals surface area contributed by atoms with Crippen molar-refractivity contribution in [2.75, 3.05) is 13.1 Å². The second-order valence-corrected chi connectivity index (χ2v) is 6.20. The van der Waals surface area contributed by atoms with E-state index in [9.17, 15) is 0 Å². The van der Waals surface area contributed by atoms with Gasteiger partial charge in [0.2, 0.25) is 0 Å². The summed E-state index contributed by atoms with van der Waals surface area (Å²) in [5, 5.41) is 8.16. The van der Waals surface area contributed by atoms with E-state index in [1.54, 1.807) is 0 Å². The summed E-state index contributed by atoms with van der Waals surface area (Å²) in [7, 11) is 2.06. The fraction of sp³-hybridized carbons (Fsp3) is 0.800. The zero-order chi connectivity index (χ0) is 13.2. The molecule has 2 aliphatic rings. The summed E-state index contributed by atoms with van der Waals surface area (Å²) in [6.07, 6.45) is 6.84. The number of nitrogens with zero attached hydrogens (tertiary/aromatic N) is 3. The minimum atomic E-state index is 0.713. The van der Waals surface area contributed by atoms with Crippen molar-refractivity contribution in [2.24, 2.45) is 7.05 Å². The molecule has 0 spiro atoms. The van der Waals surface area contributed by atoms with Gasteiger partial charge in [-0.15, -0.1) is 0 Å². The second-order valence-electron chi connectivity index (χ2n) is 6.20. The lowest BCUT2D eigenvalue weighted by Crippen LogP contribution is -2.45. The Balaban J connectivity index is 1.60. The van der Waals surface area contributed by atoms with Crippen molar-refractivity contribution in [3.8, 4) is 0 Å². The molecule has 2 fully saturated rings. The lowest BCUT2D eigenvalue weighted by atomic mass is 10.0. The van der Waals surface area contributed by atoms with Crippen molar-refractivity contribution in [3.05, 3.63) is 17.5 Å². The van der Waals surface area contributed by atoms with E-state index in [0.717, 1.165) is 18.3 Å². The summed E-state index contributed by atoms with van der Waals surface area (Å²) in [6, 6.07) is 3.76. The zero-order valence-electron chi connectivity index (χ0n) is 12.2. The van der Waals surface area contributed by atoms with Gasteiger partial charge in [0.1, 0.15) is 0 Å². The van der Waals surface area contributed by atoms with E-state index in [1.165, 1.54) is 50.9 Å². The topological polar surface area (TPSA) is 33.1 Å². The fourth-order valence-electron chi connectivity index (χ4n) is 3.11. The minimum absolute atomic E-state index is 0.713. The van der Waals surface area contributed by atoms with Crippen LogP contribution in [0.5, 0.6) is 0 Å². The van der Waals surface area contributed by atoms with Crippen LogP contribution in [0.3, 0.4) is 0 Å². The Bertz CT molecular complexity index is 422. The monoisotopic (exact) mass is 262 g/mol. The van der Waals surface area contributed by atoms with Gasteiger partial charge in [0.05, 0.1) is 11.4 Å². The highest BCUT2D eigenvalue weighted by molar-refractivity contribution is 5.08. The Morgan fingerprint density at radius 2 is 2.16 bits per heavy atom. The smallest absolute Gasteiger partial charge is 0.0597 e. The first kappa shape index (κ1) is 13.1. The number of rotatable bonds is 5. The molecule has 3 rings (SSSR count). The average molecular weight is 262 g/mol. The highest BCUT2D eigenvalue weighted by atomic mass is 15.3. The van der Waals surface area contributed by atoms with Crippen LogP contribution in [0, 0.1) is 6.92 Å². The van der Waals surface area contributed by atoms with Crippen molar-refractivity contribution in [2.45, 2.75) is 57.7 Å². The molecular formula is C15H26N4. The van der Waals surface area contributed by atoms with Gasteiger partial charge in [-0.05, 0) is 45.2 Å². The molecule has 106 valence electrons. The Labute approximate surface area is 116 Å². The standard InChI is InChI=1S/C15H26N4/c1-12-9-15(18(2)17-12)11-19-8-4-3-5-14(19)10-16-13-6-7-13/h9,13-14,16H,3-8,10-11H2,1-2H3. The van der Waals surface area contributed by atoms with Crippen LogP contribution < -0.4 is 5.32 Å². The van der Waals surface area contributed by atoms with Gasteiger partial charge in [-0.3, -0.25) is 9.58 Å². The molecule has 0 bridgehead atoms. The molecule has 4 heteroatoms. The van der Waals surface area contributed by atoms with Gasteiger partial charge in [-0.2, -0.15) is 5.10 Å². The van der Waals surface area contributed by atoms with Gasteiger partial charge < -0.3 is 5.32 Å². The van der Waals surface area contributed by atoms with Crippen molar-refractivity contribution >= 4 is 0 Å². The highest BCUT2D eigenvalue weighted by Crippen LogP contribution is 2.22. The molecule has 0 aromatic carbocycles. The van der Waals surface area contributed by atoms with Crippen molar-refractivity contribution in [3.63, 3.8) is 0 Å². The summed E-state index contributed by atoms with van der Waals surface area (Å²) in [5.74, 6) is 0. The molecule has 19 heavy (non-hydrogen) atoms. The molecule has 1 saturated carbocycles. The van der Waals surface area contributed by atoms with Crippen LogP contribution in [-0.4, -0.2) is 39.9 Å². The van der Waals surface area contributed by atoms with Crippen molar-refractivity contribution < 1.29 is 0 Å². The predicted octanol–water partition coefficient (Wildman–Crippen LogP) is 1.84. The van der Waals surface area contributed by atoms with Gasteiger partial charge in [0.15, 0.2) is 0 Å². The van der Waals surface area contributed by atoms with E-state index < -0.39 is 0 Å². The molecule has 0 radical (unpaired) electrons. The molecule has 2 heterocycles. The summed E-state index contributed by atoms with van der Waals surface area (Å²) in [6.45, 7) is 5.53. The van der Waals surface area contributed by atoms with Crippen LogP contribution in [0.4, 0.5) is 0 Å². The van der Waals surface area contributed by atoms with Gasteiger partial charge in [-0.1, -0.05) is 6.42 Å². The summed E-state index contributed by atoms with van der Waals surface area (Å²) in [5.41, 5.74) is 2.47. The first-order valence-corrected chi connectivity index (χ1v) is 7.69. The first-order chi connectivity index (χ1) is 9.22. The van der Waals surface area contributed by atoms with E-state index in [1.807, 2.05) is 4.68 Å². The van der Waals surface area contributed by atoms with E-state index in [0.29, 0.717) is 6.04 Å². The Kier molecular flexibility index (Phi) is 3.89. The maximum absolute atomic E-state index is 4.46. The molecule has 1 aromatic rings.